The molecule has 6 nitrogen and oxygen atoms in total. The van der Waals surface area contributed by atoms with Crippen molar-refractivity contribution in [3.05, 3.63) is 22.8 Å². The molecule has 0 unspecified atom stereocenters. The number of carbonyl (C=O) groups is 2. The summed E-state index contributed by atoms with van der Waals surface area (Å²) >= 11 is 0. The Balaban J connectivity index is 3.56. The molecule has 0 radical (unpaired) electrons. The molecule has 1 rings (SSSR count). The minimum absolute atomic E-state index is 0.123. The van der Waals surface area contributed by atoms with Crippen molar-refractivity contribution in [3.63, 3.8) is 0 Å². The highest BCUT2D eigenvalue weighted by Gasteiger charge is 2.23. The molecule has 18 heavy (non-hydrogen) atoms. The average molecular weight is 254 g/mol. The van der Waals surface area contributed by atoms with E-state index in [2.05, 4.69) is 0 Å². The summed E-state index contributed by atoms with van der Waals surface area (Å²) in [4.78, 5) is 22.0. The molecule has 0 aliphatic rings. The van der Waals surface area contributed by atoms with Gasteiger partial charge in [-0.25, -0.2) is 4.79 Å². The average Bonchev–Trinajstić information content (AvgIpc) is 2.29. The lowest BCUT2D eigenvalue weighted by atomic mass is 9.99. The topological polar surface area (TPSA) is 93.1 Å². The minimum Gasteiger partial charge on any atom is -0.496 e. The van der Waals surface area contributed by atoms with E-state index in [1.54, 1.807) is 6.92 Å². The van der Waals surface area contributed by atoms with Crippen molar-refractivity contribution in [2.45, 2.75) is 13.3 Å². The molecule has 2 N–H and O–H groups in total. The summed E-state index contributed by atoms with van der Waals surface area (Å²) in [6.45, 7) is 1.65. The first-order valence-corrected chi connectivity index (χ1v) is 5.11. The van der Waals surface area contributed by atoms with Crippen LogP contribution >= 0.6 is 0 Å². The van der Waals surface area contributed by atoms with E-state index in [0.717, 1.165) is 0 Å². The summed E-state index contributed by atoms with van der Waals surface area (Å²) in [5.41, 5.74) is 0.527. The zero-order valence-corrected chi connectivity index (χ0v) is 10.3. The number of methoxy groups -OCH3 is 2. The Labute approximate surface area is 104 Å². The molecule has 0 fully saturated rings. The third kappa shape index (κ3) is 2.53. The first kappa shape index (κ1) is 13.8. The van der Waals surface area contributed by atoms with E-state index >= 15 is 0 Å². The van der Waals surface area contributed by atoms with Crippen LogP contribution in [0.4, 0.5) is 0 Å². The van der Waals surface area contributed by atoms with Crippen LogP contribution in [0.15, 0.2) is 6.07 Å². The number of ether oxygens (including phenoxy) is 2. The van der Waals surface area contributed by atoms with Gasteiger partial charge in [-0.1, -0.05) is 0 Å². The fraction of sp³-hybridized carbons (Fsp3) is 0.333. The summed E-state index contributed by atoms with van der Waals surface area (Å²) in [5, 5.41) is 18.0. The highest BCUT2D eigenvalue weighted by molar-refractivity contribution is 5.95. The van der Waals surface area contributed by atoms with E-state index in [1.807, 2.05) is 0 Å². The lowest BCUT2D eigenvalue weighted by Crippen LogP contribution is -2.11. The normalized spacial score (nSPS) is 9.94. The molecule has 0 heterocycles. The summed E-state index contributed by atoms with van der Waals surface area (Å²) in [6, 6.07) is 1.41. The van der Waals surface area contributed by atoms with Crippen LogP contribution in [0.5, 0.6) is 11.5 Å². The van der Waals surface area contributed by atoms with Gasteiger partial charge in [0.2, 0.25) is 0 Å². The number of carboxylic acid groups (broad SMARTS) is 2. The standard InChI is InChI=1S/C12H14O6/c1-6-8(17-2)4-7(5-9(13)14)10(12(15)16)11(6)18-3/h4H,5H2,1-3H3,(H,13,14)(H,15,16). The number of benzene rings is 1. The summed E-state index contributed by atoms with van der Waals surface area (Å²) in [6.07, 6.45) is -0.408. The molecule has 0 saturated heterocycles. The van der Waals surface area contributed by atoms with Gasteiger partial charge in [0.05, 0.1) is 20.6 Å². The molecule has 0 spiro atoms. The van der Waals surface area contributed by atoms with Crippen LogP contribution < -0.4 is 9.47 Å². The van der Waals surface area contributed by atoms with Gasteiger partial charge in [0.1, 0.15) is 17.1 Å². The molecular formula is C12H14O6. The Morgan fingerprint density at radius 3 is 2.22 bits per heavy atom. The molecule has 6 heteroatoms. The lowest BCUT2D eigenvalue weighted by molar-refractivity contribution is -0.136. The van der Waals surface area contributed by atoms with Crippen LogP contribution in [0, 0.1) is 6.92 Å². The highest BCUT2D eigenvalue weighted by atomic mass is 16.5. The van der Waals surface area contributed by atoms with E-state index in [-0.39, 0.29) is 16.9 Å². The minimum atomic E-state index is -1.23. The van der Waals surface area contributed by atoms with Gasteiger partial charge in [0.25, 0.3) is 0 Å². The van der Waals surface area contributed by atoms with Crippen molar-refractivity contribution in [1.29, 1.82) is 0 Å². The molecule has 0 saturated carbocycles. The Hall–Kier alpha value is -2.24. The number of carboxylic acids is 2. The van der Waals surface area contributed by atoms with Crippen LogP contribution in [0.1, 0.15) is 21.5 Å². The van der Waals surface area contributed by atoms with Crippen molar-refractivity contribution >= 4 is 11.9 Å². The third-order valence-corrected chi connectivity index (χ3v) is 2.54. The van der Waals surface area contributed by atoms with E-state index in [1.165, 1.54) is 20.3 Å². The van der Waals surface area contributed by atoms with Crippen molar-refractivity contribution < 1.29 is 29.3 Å². The van der Waals surface area contributed by atoms with Gasteiger partial charge < -0.3 is 19.7 Å². The number of rotatable bonds is 5. The molecule has 0 aromatic heterocycles. The summed E-state index contributed by atoms with van der Waals surface area (Å²) in [5.74, 6) is -1.83. The second-order valence-corrected chi connectivity index (χ2v) is 3.65. The van der Waals surface area contributed by atoms with E-state index in [9.17, 15) is 9.59 Å². The molecule has 0 aliphatic carbocycles. The maximum atomic E-state index is 11.2. The SMILES string of the molecule is COc1cc(CC(=O)O)c(C(=O)O)c(OC)c1C. The van der Waals surface area contributed by atoms with Crippen molar-refractivity contribution in [1.82, 2.24) is 0 Å². The molecule has 0 aliphatic heterocycles. The quantitative estimate of drug-likeness (QED) is 0.823. The van der Waals surface area contributed by atoms with Gasteiger partial charge in [0.15, 0.2) is 0 Å². The van der Waals surface area contributed by atoms with Gasteiger partial charge in [-0.15, -0.1) is 0 Å². The van der Waals surface area contributed by atoms with Gasteiger partial charge in [0, 0.05) is 5.56 Å². The van der Waals surface area contributed by atoms with Gasteiger partial charge in [-0.2, -0.15) is 0 Å². The number of hydrogen-bond acceptors (Lipinski definition) is 4. The monoisotopic (exact) mass is 254 g/mol. The van der Waals surface area contributed by atoms with Gasteiger partial charge in [-0.05, 0) is 18.6 Å². The van der Waals surface area contributed by atoms with Crippen molar-refractivity contribution in [2.75, 3.05) is 14.2 Å². The predicted octanol–water partition coefficient (Wildman–Crippen LogP) is 1.34. The fourth-order valence-electron chi connectivity index (χ4n) is 1.79. The molecule has 0 amide bonds. The number of aliphatic carboxylic acids is 1. The summed E-state index contributed by atoms with van der Waals surface area (Å²) < 4.78 is 10.1. The zero-order chi connectivity index (χ0) is 13.9. The Morgan fingerprint density at radius 2 is 1.83 bits per heavy atom. The summed E-state index contributed by atoms with van der Waals surface area (Å²) in [7, 11) is 2.76. The predicted molar refractivity (Wildman–Crippen MR) is 62.6 cm³/mol. The van der Waals surface area contributed by atoms with E-state index in [0.29, 0.717) is 11.3 Å². The van der Waals surface area contributed by atoms with Crippen LogP contribution in [-0.2, 0) is 11.2 Å². The zero-order valence-electron chi connectivity index (χ0n) is 10.3. The smallest absolute Gasteiger partial charge is 0.339 e. The lowest BCUT2D eigenvalue weighted by Gasteiger charge is -2.15. The van der Waals surface area contributed by atoms with Crippen LogP contribution in [0.25, 0.3) is 0 Å². The highest BCUT2D eigenvalue weighted by Crippen LogP contribution is 2.34. The van der Waals surface area contributed by atoms with Crippen LogP contribution in [0.2, 0.25) is 0 Å². The van der Waals surface area contributed by atoms with E-state index < -0.39 is 18.4 Å². The number of aromatic carboxylic acids is 1. The van der Waals surface area contributed by atoms with Crippen LogP contribution in [0.3, 0.4) is 0 Å². The third-order valence-electron chi connectivity index (χ3n) is 2.54. The van der Waals surface area contributed by atoms with Gasteiger partial charge >= 0.3 is 11.9 Å². The second-order valence-electron chi connectivity index (χ2n) is 3.65. The molecule has 1 aromatic carbocycles. The molecule has 1 aromatic rings. The first-order valence-electron chi connectivity index (χ1n) is 5.11. The molecule has 98 valence electrons. The Kier molecular flexibility index (Phi) is 4.14. The number of hydrogen-bond donors (Lipinski definition) is 2. The fourth-order valence-corrected chi connectivity index (χ4v) is 1.79. The Bertz CT molecular complexity index is 492. The second kappa shape index (κ2) is 5.39. The van der Waals surface area contributed by atoms with Crippen molar-refractivity contribution in [2.24, 2.45) is 0 Å². The maximum absolute atomic E-state index is 11.2. The van der Waals surface area contributed by atoms with Crippen molar-refractivity contribution in [3.8, 4) is 11.5 Å². The Morgan fingerprint density at radius 1 is 1.22 bits per heavy atom. The van der Waals surface area contributed by atoms with Crippen LogP contribution in [-0.4, -0.2) is 36.4 Å². The van der Waals surface area contributed by atoms with Gasteiger partial charge in [-0.3, -0.25) is 4.79 Å². The molecule has 0 bridgehead atoms. The largest absolute Gasteiger partial charge is 0.496 e. The maximum Gasteiger partial charge on any atom is 0.339 e. The first-order chi connectivity index (χ1) is 8.42. The van der Waals surface area contributed by atoms with E-state index in [4.69, 9.17) is 19.7 Å². The molecule has 0 atom stereocenters. The molecular weight excluding hydrogens is 240 g/mol.